The Hall–Kier alpha value is -2.36. The number of pyridine rings is 1. The molecule has 0 aliphatic carbocycles. The van der Waals surface area contributed by atoms with Gasteiger partial charge in [-0.25, -0.2) is 4.98 Å². The molecule has 110 valence electrons. The summed E-state index contributed by atoms with van der Waals surface area (Å²) < 4.78 is 5.41. The molecule has 1 N–H and O–H groups in total. The molecule has 1 atom stereocenters. The highest BCUT2D eigenvalue weighted by atomic mass is 16.5. The molecule has 0 fully saturated rings. The second kappa shape index (κ2) is 6.88. The van der Waals surface area contributed by atoms with E-state index in [9.17, 15) is 4.79 Å². The molecule has 0 aliphatic rings. The van der Waals surface area contributed by atoms with Crippen molar-refractivity contribution in [2.24, 2.45) is 0 Å². The van der Waals surface area contributed by atoms with E-state index in [2.05, 4.69) is 10.3 Å². The Bertz CT molecular complexity index is 608. The first-order valence-electron chi connectivity index (χ1n) is 7.07. The number of nitrogens with one attached hydrogen (secondary N) is 1. The van der Waals surface area contributed by atoms with Crippen molar-refractivity contribution >= 4 is 5.91 Å². The maximum Gasteiger partial charge on any atom is 0.270 e. The van der Waals surface area contributed by atoms with Crippen molar-refractivity contribution in [1.82, 2.24) is 10.3 Å². The van der Waals surface area contributed by atoms with Gasteiger partial charge in [-0.2, -0.15) is 0 Å². The molecule has 0 aliphatic heterocycles. The molecule has 1 aromatic heterocycles. The minimum Gasteiger partial charge on any atom is -0.494 e. The van der Waals surface area contributed by atoms with Gasteiger partial charge in [-0.3, -0.25) is 4.79 Å². The Kier molecular flexibility index (Phi) is 4.93. The molecule has 0 saturated carbocycles. The smallest absolute Gasteiger partial charge is 0.270 e. The van der Waals surface area contributed by atoms with E-state index in [1.54, 1.807) is 6.07 Å². The molecule has 0 radical (unpaired) electrons. The summed E-state index contributed by atoms with van der Waals surface area (Å²) in [6.07, 6.45) is 0. The Morgan fingerprint density at radius 2 is 1.95 bits per heavy atom. The van der Waals surface area contributed by atoms with Crippen LogP contribution < -0.4 is 10.1 Å². The molecule has 1 amide bonds. The maximum absolute atomic E-state index is 12.2. The van der Waals surface area contributed by atoms with Gasteiger partial charge in [0.15, 0.2) is 0 Å². The molecule has 0 spiro atoms. The zero-order chi connectivity index (χ0) is 15.2. The summed E-state index contributed by atoms with van der Waals surface area (Å²) in [6, 6.07) is 13.1. The third-order valence-corrected chi connectivity index (χ3v) is 3.16. The van der Waals surface area contributed by atoms with E-state index < -0.39 is 0 Å². The van der Waals surface area contributed by atoms with Gasteiger partial charge in [0, 0.05) is 5.69 Å². The molecular weight excluding hydrogens is 264 g/mol. The quantitative estimate of drug-likeness (QED) is 0.916. The summed E-state index contributed by atoms with van der Waals surface area (Å²) >= 11 is 0. The lowest BCUT2D eigenvalue weighted by Gasteiger charge is -2.15. The SMILES string of the molecule is CCOc1ccc(C(C)NC(=O)c2cccc(C)n2)cc1. The summed E-state index contributed by atoms with van der Waals surface area (Å²) in [5, 5.41) is 2.95. The number of nitrogens with zero attached hydrogens (tertiary/aromatic N) is 1. The minimum absolute atomic E-state index is 0.0875. The van der Waals surface area contributed by atoms with Crippen LogP contribution in [0.25, 0.3) is 0 Å². The van der Waals surface area contributed by atoms with Crippen molar-refractivity contribution in [3.63, 3.8) is 0 Å². The van der Waals surface area contributed by atoms with Crippen molar-refractivity contribution in [3.05, 3.63) is 59.4 Å². The first-order valence-corrected chi connectivity index (χ1v) is 7.07. The number of benzene rings is 1. The van der Waals surface area contributed by atoms with E-state index >= 15 is 0 Å². The van der Waals surface area contributed by atoms with Gasteiger partial charge in [0.1, 0.15) is 11.4 Å². The highest BCUT2D eigenvalue weighted by molar-refractivity contribution is 5.92. The van der Waals surface area contributed by atoms with Crippen LogP contribution in [0.1, 0.15) is 41.6 Å². The van der Waals surface area contributed by atoms with Crippen molar-refractivity contribution < 1.29 is 9.53 Å². The number of rotatable bonds is 5. The third kappa shape index (κ3) is 4.05. The highest BCUT2D eigenvalue weighted by Crippen LogP contribution is 2.18. The zero-order valence-electron chi connectivity index (χ0n) is 12.6. The van der Waals surface area contributed by atoms with Gasteiger partial charge < -0.3 is 10.1 Å². The van der Waals surface area contributed by atoms with Crippen molar-refractivity contribution in [1.29, 1.82) is 0 Å². The van der Waals surface area contributed by atoms with Crippen LogP contribution >= 0.6 is 0 Å². The van der Waals surface area contributed by atoms with Gasteiger partial charge in [-0.15, -0.1) is 0 Å². The van der Waals surface area contributed by atoms with Gasteiger partial charge in [0.05, 0.1) is 12.6 Å². The molecule has 1 unspecified atom stereocenters. The Labute approximate surface area is 125 Å². The van der Waals surface area contributed by atoms with Gasteiger partial charge in [-0.05, 0) is 50.6 Å². The van der Waals surface area contributed by atoms with Crippen molar-refractivity contribution in [2.45, 2.75) is 26.8 Å². The van der Waals surface area contributed by atoms with E-state index in [0.717, 1.165) is 17.0 Å². The lowest BCUT2D eigenvalue weighted by molar-refractivity contribution is 0.0934. The topological polar surface area (TPSA) is 51.2 Å². The molecule has 1 aromatic carbocycles. The zero-order valence-corrected chi connectivity index (χ0v) is 12.6. The number of hydrogen-bond acceptors (Lipinski definition) is 3. The van der Waals surface area contributed by atoms with Crippen LogP contribution in [0.4, 0.5) is 0 Å². The Balaban J connectivity index is 2.03. The lowest BCUT2D eigenvalue weighted by Crippen LogP contribution is -2.27. The summed E-state index contributed by atoms with van der Waals surface area (Å²) in [5.41, 5.74) is 2.30. The van der Waals surface area contributed by atoms with Crippen LogP contribution in [-0.4, -0.2) is 17.5 Å². The number of hydrogen-bond donors (Lipinski definition) is 1. The van der Waals surface area contributed by atoms with Crippen LogP contribution in [0.2, 0.25) is 0 Å². The van der Waals surface area contributed by atoms with Crippen molar-refractivity contribution in [3.8, 4) is 5.75 Å². The summed E-state index contributed by atoms with van der Waals surface area (Å²) in [7, 11) is 0. The average molecular weight is 284 g/mol. The van der Waals surface area contributed by atoms with E-state index in [1.165, 1.54) is 0 Å². The first kappa shape index (κ1) is 15.0. The fourth-order valence-corrected chi connectivity index (χ4v) is 2.04. The molecule has 4 heteroatoms. The minimum atomic E-state index is -0.167. The fourth-order valence-electron chi connectivity index (χ4n) is 2.04. The van der Waals surface area contributed by atoms with Gasteiger partial charge in [0.25, 0.3) is 5.91 Å². The molecule has 0 bridgehead atoms. The maximum atomic E-state index is 12.2. The fraction of sp³-hybridized carbons (Fsp3) is 0.294. The number of amides is 1. The van der Waals surface area contributed by atoms with E-state index in [0.29, 0.717) is 12.3 Å². The summed E-state index contributed by atoms with van der Waals surface area (Å²) in [6.45, 7) is 6.41. The second-order valence-electron chi connectivity index (χ2n) is 4.86. The summed E-state index contributed by atoms with van der Waals surface area (Å²) in [5.74, 6) is 0.667. The van der Waals surface area contributed by atoms with Crippen LogP contribution in [-0.2, 0) is 0 Å². The number of aromatic nitrogens is 1. The largest absolute Gasteiger partial charge is 0.494 e. The van der Waals surface area contributed by atoms with E-state index in [1.807, 2.05) is 57.2 Å². The van der Waals surface area contributed by atoms with Crippen LogP contribution in [0.3, 0.4) is 0 Å². The number of ether oxygens (including phenoxy) is 1. The van der Waals surface area contributed by atoms with Gasteiger partial charge in [-0.1, -0.05) is 18.2 Å². The van der Waals surface area contributed by atoms with Crippen molar-refractivity contribution in [2.75, 3.05) is 6.61 Å². The molecule has 1 heterocycles. The van der Waals surface area contributed by atoms with E-state index in [-0.39, 0.29) is 11.9 Å². The molecule has 21 heavy (non-hydrogen) atoms. The van der Waals surface area contributed by atoms with Crippen LogP contribution in [0.5, 0.6) is 5.75 Å². The Morgan fingerprint density at radius 1 is 1.24 bits per heavy atom. The molecular formula is C17H20N2O2. The number of aryl methyl sites for hydroxylation is 1. The standard InChI is InChI=1S/C17H20N2O2/c1-4-21-15-10-8-14(9-11-15)13(3)19-17(20)16-7-5-6-12(2)18-16/h5-11,13H,4H2,1-3H3,(H,19,20). The molecule has 2 rings (SSSR count). The first-order chi connectivity index (χ1) is 10.1. The third-order valence-electron chi connectivity index (χ3n) is 3.16. The lowest BCUT2D eigenvalue weighted by atomic mass is 10.1. The van der Waals surface area contributed by atoms with Crippen LogP contribution in [0, 0.1) is 6.92 Å². The second-order valence-corrected chi connectivity index (χ2v) is 4.86. The van der Waals surface area contributed by atoms with Gasteiger partial charge >= 0.3 is 0 Å². The average Bonchev–Trinajstić information content (AvgIpc) is 2.48. The normalized spacial score (nSPS) is 11.8. The number of carbonyl (C=O) groups excluding carboxylic acids is 1. The molecule has 2 aromatic rings. The molecule has 0 saturated heterocycles. The van der Waals surface area contributed by atoms with E-state index in [4.69, 9.17) is 4.74 Å². The monoisotopic (exact) mass is 284 g/mol. The number of carbonyl (C=O) groups is 1. The predicted octanol–water partition coefficient (Wildman–Crippen LogP) is 3.28. The molecule has 4 nitrogen and oxygen atoms in total. The summed E-state index contributed by atoms with van der Waals surface area (Å²) in [4.78, 5) is 16.4. The van der Waals surface area contributed by atoms with Crippen LogP contribution in [0.15, 0.2) is 42.5 Å². The van der Waals surface area contributed by atoms with Gasteiger partial charge in [0.2, 0.25) is 0 Å². The highest BCUT2D eigenvalue weighted by Gasteiger charge is 2.12. The predicted molar refractivity (Wildman–Crippen MR) is 82.5 cm³/mol. The Morgan fingerprint density at radius 3 is 2.57 bits per heavy atom.